The number of hydrogen-bond acceptors (Lipinski definition) is 2. The lowest BCUT2D eigenvalue weighted by atomic mass is 9.80. The van der Waals surface area contributed by atoms with Crippen LogP contribution in [0.5, 0.6) is 0 Å². The van der Waals surface area contributed by atoms with E-state index in [2.05, 4.69) is 56.9 Å². The fraction of sp³-hybridized carbons (Fsp3) is 1.00. The van der Waals surface area contributed by atoms with Crippen LogP contribution in [0.15, 0.2) is 5.11 Å². The van der Waals surface area contributed by atoms with Crippen LogP contribution in [0.3, 0.4) is 0 Å². The van der Waals surface area contributed by atoms with E-state index in [0.717, 1.165) is 19.3 Å². The summed E-state index contributed by atoms with van der Waals surface area (Å²) < 4.78 is 0. The van der Waals surface area contributed by atoms with Gasteiger partial charge in [0.2, 0.25) is 0 Å². The summed E-state index contributed by atoms with van der Waals surface area (Å²) in [7, 11) is 0. The standard InChI is InChI=1S/C13H28N4/c1-8-12(6,15-11(3,4)5)10-13(7,9-2)16-17-14/h15H,8-10H2,1-7H3. The van der Waals surface area contributed by atoms with E-state index in [9.17, 15) is 0 Å². The topological polar surface area (TPSA) is 60.8 Å². The zero-order chi connectivity index (χ0) is 13.7. The second-order valence-electron chi connectivity index (χ2n) is 6.51. The minimum atomic E-state index is -0.308. The van der Waals surface area contributed by atoms with Crippen LogP contribution in [0.2, 0.25) is 0 Å². The molecule has 0 radical (unpaired) electrons. The molecule has 4 heteroatoms. The molecule has 100 valence electrons. The first-order valence-corrected chi connectivity index (χ1v) is 6.45. The fourth-order valence-electron chi connectivity index (χ4n) is 2.34. The molecule has 0 aliphatic heterocycles. The summed E-state index contributed by atoms with van der Waals surface area (Å²) in [5.41, 5.74) is 8.43. The lowest BCUT2D eigenvalue weighted by Gasteiger charge is -2.41. The van der Waals surface area contributed by atoms with Gasteiger partial charge in [-0.25, -0.2) is 0 Å². The SMILES string of the molecule is CCC(C)(CC(C)(CC)NC(C)(C)C)N=[N+]=[N-]. The average Bonchev–Trinajstić information content (AvgIpc) is 2.15. The summed E-state index contributed by atoms with van der Waals surface area (Å²) in [4.78, 5) is 2.99. The first kappa shape index (κ1) is 16.3. The van der Waals surface area contributed by atoms with E-state index in [4.69, 9.17) is 5.53 Å². The Labute approximate surface area is 106 Å². The number of hydrogen-bond donors (Lipinski definition) is 1. The molecule has 2 atom stereocenters. The predicted molar refractivity (Wildman–Crippen MR) is 74.0 cm³/mol. The van der Waals surface area contributed by atoms with Crippen LogP contribution in [-0.2, 0) is 0 Å². The van der Waals surface area contributed by atoms with E-state index in [1.807, 2.05) is 6.92 Å². The molecule has 17 heavy (non-hydrogen) atoms. The Morgan fingerprint density at radius 3 is 1.88 bits per heavy atom. The second-order valence-corrected chi connectivity index (χ2v) is 6.51. The van der Waals surface area contributed by atoms with E-state index in [0.29, 0.717) is 0 Å². The molecule has 0 aromatic heterocycles. The third-order valence-electron chi connectivity index (χ3n) is 3.28. The van der Waals surface area contributed by atoms with Gasteiger partial charge in [0.25, 0.3) is 0 Å². The van der Waals surface area contributed by atoms with Gasteiger partial charge < -0.3 is 5.32 Å². The second kappa shape index (κ2) is 5.74. The lowest BCUT2D eigenvalue weighted by molar-refractivity contribution is 0.195. The largest absolute Gasteiger partial charge is 0.307 e. The van der Waals surface area contributed by atoms with Crippen molar-refractivity contribution in [2.75, 3.05) is 0 Å². The van der Waals surface area contributed by atoms with Crippen LogP contribution in [0.1, 0.15) is 67.7 Å². The van der Waals surface area contributed by atoms with E-state index < -0.39 is 0 Å². The summed E-state index contributed by atoms with van der Waals surface area (Å²) in [6, 6.07) is 0. The van der Waals surface area contributed by atoms with Crippen molar-refractivity contribution in [1.29, 1.82) is 0 Å². The van der Waals surface area contributed by atoms with E-state index in [-0.39, 0.29) is 16.6 Å². The Bertz CT molecular complexity index is 288. The Balaban J connectivity index is 4.95. The zero-order valence-corrected chi connectivity index (χ0v) is 12.5. The van der Waals surface area contributed by atoms with Crippen LogP contribution >= 0.6 is 0 Å². The monoisotopic (exact) mass is 240 g/mol. The maximum atomic E-state index is 8.67. The first-order chi connectivity index (χ1) is 7.60. The maximum absolute atomic E-state index is 8.67. The van der Waals surface area contributed by atoms with E-state index in [1.54, 1.807) is 0 Å². The van der Waals surface area contributed by atoms with Crippen molar-refractivity contribution in [2.24, 2.45) is 5.11 Å². The molecule has 1 N–H and O–H groups in total. The fourth-order valence-corrected chi connectivity index (χ4v) is 2.34. The molecular weight excluding hydrogens is 212 g/mol. The maximum Gasteiger partial charge on any atom is 0.0475 e. The first-order valence-electron chi connectivity index (χ1n) is 6.45. The highest BCUT2D eigenvalue weighted by atomic mass is 15.2. The molecule has 2 unspecified atom stereocenters. The number of azide groups is 1. The van der Waals surface area contributed by atoms with Gasteiger partial charge in [-0.2, -0.15) is 0 Å². The minimum absolute atomic E-state index is 0.00278. The highest BCUT2D eigenvalue weighted by molar-refractivity contribution is 4.97. The predicted octanol–water partition coefficient (Wildman–Crippen LogP) is 4.41. The summed E-state index contributed by atoms with van der Waals surface area (Å²) in [6.07, 6.45) is 2.73. The van der Waals surface area contributed by atoms with Gasteiger partial charge in [-0.1, -0.05) is 25.9 Å². The zero-order valence-electron chi connectivity index (χ0n) is 12.5. The highest BCUT2D eigenvalue weighted by Crippen LogP contribution is 2.30. The minimum Gasteiger partial charge on any atom is -0.307 e. The van der Waals surface area contributed by atoms with Gasteiger partial charge >= 0.3 is 0 Å². The van der Waals surface area contributed by atoms with Crippen molar-refractivity contribution in [3.63, 3.8) is 0 Å². The van der Waals surface area contributed by atoms with Crippen molar-refractivity contribution < 1.29 is 0 Å². The molecule has 0 aromatic carbocycles. The van der Waals surface area contributed by atoms with E-state index >= 15 is 0 Å². The van der Waals surface area contributed by atoms with Gasteiger partial charge in [0, 0.05) is 21.5 Å². The van der Waals surface area contributed by atoms with Crippen LogP contribution in [-0.4, -0.2) is 16.6 Å². The average molecular weight is 240 g/mol. The molecule has 0 heterocycles. The van der Waals surface area contributed by atoms with Gasteiger partial charge in [0.15, 0.2) is 0 Å². The molecule has 0 aliphatic carbocycles. The third kappa shape index (κ3) is 5.94. The van der Waals surface area contributed by atoms with Gasteiger partial charge in [-0.3, -0.25) is 0 Å². The number of nitrogens with one attached hydrogen (secondary N) is 1. The summed E-state index contributed by atoms with van der Waals surface area (Å²) >= 11 is 0. The van der Waals surface area contributed by atoms with Crippen molar-refractivity contribution in [1.82, 2.24) is 5.32 Å². The van der Waals surface area contributed by atoms with Gasteiger partial charge in [-0.15, -0.1) is 0 Å². The molecule has 0 fully saturated rings. The van der Waals surface area contributed by atoms with Crippen molar-refractivity contribution >= 4 is 0 Å². The number of rotatable bonds is 6. The Morgan fingerprint density at radius 1 is 1.06 bits per heavy atom. The molecule has 0 saturated heterocycles. The lowest BCUT2D eigenvalue weighted by Crippen LogP contribution is -2.54. The van der Waals surface area contributed by atoms with Gasteiger partial charge in [0.05, 0.1) is 0 Å². The molecule has 4 nitrogen and oxygen atoms in total. The molecule has 0 aromatic rings. The van der Waals surface area contributed by atoms with Gasteiger partial charge in [0.1, 0.15) is 0 Å². The summed E-state index contributed by atoms with van der Waals surface area (Å²) in [5, 5.41) is 7.63. The quantitative estimate of drug-likeness (QED) is 0.417. The molecule has 0 spiro atoms. The molecule has 0 aliphatic rings. The smallest absolute Gasteiger partial charge is 0.0475 e. The third-order valence-corrected chi connectivity index (χ3v) is 3.28. The normalized spacial score (nSPS) is 19.0. The molecule has 0 saturated carbocycles. The Morgan fingerprint density at radius 2 is 1.59 bits per heavy atom. The Hall–Kier alpha value is -0.730. The Kier molecular flexibility index (Phi) is 5.50. The van der Waals surface area contributed by atoms with Crippen LogP contribution in [0, 0.1) is 0 Å². The number of nitrogens with zero attached hydrogens (tertiary/aromatic N) is 3. The van der Waals surface area contributed by atoms with Crippen molar-refractivity contribution in [3.05, 3.63) is 10.4 Å². The highest BCUT2D eigenvalue weighted by Gasteiger charge is 2.34. The van der Waals surface area contributed by atoms with Crippen molar-refractivity contribution in [3.8, 4) is 0 Å². The summed E-state index contributed by atoms with van der Waals surface area (Å²) in [6.45, 7) is 15.0. The summed E-state index contributed by atoms with van der Waals surface area (Å²) in [5.74, 6) is 0. The van der Waals surface area contributed by atoms with Crippen LogP contribution < -0.4 is 5.32 Å². The molecule has 0 rings (SSSR count). The van der Waals surface area contributed by atoms with E-state index in [1.165, 1.54) is 0 Å². The molecular formula is C13H28N4. The molecule has 0 amide bonds. The van der Waals surface area contributed by atoms with Gasteiger partial charge in [-0.05, 0) is 52.5 Å². The van der Waals surface area contributed by atoms with Crippen molar-refractivity contribution in [2.45, 2.75) is 84.3 Å². The van der Waals surface area contributed by atoms with Crippen LogP contribution in [0.25, 0.3) is 10.4 Å². The molecule has 0 bridgehead atoms. The van der Waals surface area contributed by atoms with Crippen LogP contribution in [0.4, 0.5) is 0 Å².